The molecule has 0 aromatic heterocycles. The van der Waals surface area contributed by atoms with E-state index in [1.54, 1.807) is 11.9 Å². The summed E-state index contributed by atoms with van der Waals surface area (Å²) in [5, 5.41) is 0. The highest BCUT2D eigenvalue weighted by molar-refractivity contribution is 7.97. The molecule has 0 heterocycles. The lowest BCUT2D eigenvalue weighted by Gasteiger charge is -2.04. The van der Waals surface area contributed by atoms with E-state index in [9.17, 15) is 0 Å². The van der Waals surface area contributed by atoms with E-state index >= 15 is 0 Å². The molecule has 0 spiro atoms. The normalized spacial score (nSPS) is 10.2. The molecule has 3 N–H and O–H groups in total. The second kappa shape index (κ2) is 5.58. The number of nitrogens with two attached hydrogens (primary N) is 1. The SMILES string of the molecule is Nc1cccc(SNCc2ccccc2)c1. The molecule has 0 aliphatic heterocycles. The van der Waals surface area contributed by atoms with E-state index in [1.807, 2.05) is 42.5 Å². The molecule has 2 nitrogen and oxygen atoms in total. The fourth-order valence-corrected chi connectivity index (χ4v) is 2.12. The van der Waals surface area contributed by atoms with Crippen molar-refractivity contribution in [2.24, 2.45) is 0 Å². The molecule has 0 aliphatic carbocycles. The van der Waals surface area contributed by atoms with Gasteiger partial charge in [0.05, 0.1) is 0 Å². The average Bonchev–Trinajstić information content (AvgIpc) is 2.30. The molecule has 2 aromatic carbocycles. The second-order valence-corrected chi connectivity index (χ2v) is 4.45. The van der Waals surface area contributed by atoms with E-state index in [0.29, 0.717) is 0 Å². The molecular formula is C13H14N2S. The first-order valence-corrected chi connectivity index (χ1v) is 5.95. The highest BCUT2D eigenvalue weighted by Gasteiger charge is 1.95. The highest BCUT2D eigenvalue weighted by Crippen LogP contribution is 2.17. The fraction of sp³-hybridized carbons (Fsp3) is 0.0769. The van der Waals surface area contributed by atoms with Crippen LogP contribution in [-0.4, -0.2) is 0 Å². The van der Waals surface area contributed by atoms with Crippen LogP contribution in [0.3, 0.4) is 0 Å². The Kier molecular flexibility index (Phi) is 3.86. The molecule has 0 saturated heterocycles. The minimum absolute atomic E-state index is 0.798. The van der Waals surface area contributed by atoms with Gasteiger partial charge in [-0.2, -0.15) is 0 Å². The van der Waals surface area contributed by atoms with Crippen molar-refractivity contribution >= 4 is 17.6 Å². The topological polar surface area (TPSA) is 38.0 Å². The number of hydrogen-bond acceptors (Lipinski definition) is 3. The summed E-state index contributed by atoms with van der Waals surface area (Å²) >= 11 is 1.60. The molecule has 82 valence electrons. The van der Waals surface area contributed by atoms with Crippen LogP contribution in [0.25, 0.3) is 0 Å². The molecule has 2 aromatic rings. The maximum absolute atomic E-state index is 5.70. The van der Waals surface area contributed by atoms with Crippen LogP contribution in [0.2, 0.25) is 0 Å². The summed E-state index contributed by atoms with van der Waals surface area (Å²) in [6, 6.07) is 18.2. The number of nitrogens with one attached hydrogen (secondary N) is 1. The zero-order valence-corrected chi connectivity index (χ0v) is 9.71. The van der Waals surface area contributed by atoms with Crippen LogP contribution in [0.4, 0.5) is 5.69 Å². The zero-order chi connectivity index (χ0) is 11.2. The van der Waals surface area contributed by atoms with Crippen LogP contribution in [-0.2, 0) is 6.54 Å². The smallest absolute Gasteiger partial charge is 0.0325 e. The Labute approximate surface area is 100 Å². The summed E-state index contributed by atoms with van der Waals surface area (Å²) < 4.78 is 3.31. The average molecular weight is 230 g/mol. The van der Waals surface area contributed by atoms with Gasteiger partial charge < -0.3 is 5.73 Å². The van der Waals surface area contributed by atoms with E-state index < -0.39 is 0 Å². The van der Waals surface area contributed by atoms with Gasteiger partial charge in [-0.1, -0.05) is 36.4 Å². The van der Waals surface area contributed by atoms with Crippen molar-refractivity contribution in [1.29, 1.82) is 0 Å². The molecule has 0 atom stereocenters. The Morgan fingerprint density at radius 2 is 1.81 bits per heavy atom. The number of benzene rings is 2. The summed E-state index contributed by atoms with van der Waals surface area (Å²) in [6.07, 6.45) is 0. The van der Waals surface area contributed by atoms with Crippen LogP contribution in [0.1, 0.15) is 5.56 Å². The summed E-state index contributed by atoms with van der Waals surface area (Å²) in [5.41, 5.74) is 7.77. The molecular weight excluding hydrogens is 216 g/mol. The van der Waals surface area contributed by atoms with Crippen molar-refractivity contribution in [3.05, 3.63) is 60.2 Å². The molecule has 16 heavy (non-hydrogen) atoms. The van der Waals surface area contributed by atoms with Crippen LogP contribution in [0, 0.1) is 0 Å². The van der Waals surface area contributed by atoms with Crippen molar-refractivity contribution in [3.63, 3.8) is 0 Å². The van der Waals surface area contributed by atoms with Gasteiger partial charge in [-0.15, -0.1) is 0 Å². The lowest BCUT2D eigenvalue weighted by molar-refractivity contribution is 0.975. The maximum Gasteiger partial charge on any atom is 0.0325 e. The second-order valence-electron chi connectivity index (χ2n) is 3.48. The van der Waals surface area contributed by atoms with Gasteiger partial charge in [-0.05, 0) is 35.7 Å². The maximum atomic E-state index is 5.70. The third kappa shape index (κ3) is 3.29. The van der Waals surface area contributed by atoms with E-state index in [0.717, 1.165) is 17.1 Å². The van der Waals surface area contributed by atoms with Crippen LogP contribution < -0.4 is 10.5 Å². The van der Waals surface area contributed by atoms with E-state index in [-0.39, 0.29) is 0 Å². The standard InChI is InChI=1S/C13H14N2S/c14-12-7-4-8-13(9-12)16-15-10-11-5-2-1-3-6-11/h1-9,15H,10,14H2. The monoisotopic (exact) mass is 230 g/mol. The fourth-order valence-electron chi connectivity index (χ4n) is 1.38. The van der Waals surface area contributed by atoms with Crippen molar-refractivity contribution in [2.45, 2.75) is 11.4 Å². The lowest BCUT2D eigenvalue weighted by Crippen LogP contribution is -2.02. The summed E-state index contributed by atoms with van der Waals surface area (Å²) in [6.45, 7) is 0.848. The predicted octanol–water partition coefficient (Wildman–Crippen LogP) is 3.07. The van der Waals surface area contributed by atoms with Crippen molar-refractivity contribution < 1.29 is 0 Å². The molecule has 0 radical (unpaired) electrons. The molecule has 0 aliphatic rings. The van der Waals surface area contributed by atoms with Gasteiger partial charge in [0.2, 0.25) is 0 Å². The summed E-state index contributed by atoms with van der Waals surface area (Å²) in [7, 11) is 0. The summed E-state index contributed by atoms with van der Waals surface area (Å²) in [4.78, 5) is 1.14. The Balaban J connectivity index is 1.85. The number of rotatable bonds is 4. The van der Waals surface area contributed by atoms with Gasteiger partial charge in [-0.25, -0.2) is 0 Å². The van der Waals surface area contributed by atoms with Crippen LogP contribution in [0.15, 0.2) is 59.5 Å². The molecule has 0 amide bonds. The molecule has 0 saturated carbocycles. The largest absolute Gasteiger partial charge is 0.399 e. The van der Waals surface area contributed by atoms with Gasteiger partial charge >= 0.3 is 0 Å². The minimum Gasteiger partial charge on any atom is -0.399 e. The highest BCUT2D eigenvalue weighted by atomic mass is 32.2. The third-order valence-corrected chi connectivity index (χ3v) is 2.95. The minimum atomic E-state index is 0.798. The third-order valence-electron chi connectivity index (χ3n) is 2.17. The number of anilines is 1. The van der Waals surface area contributed by atoms with Crippen LogP contribution >= 0.6 is 11.9 Å². The van der Waals surface area contributed by atoms with Gasteiger partial charge in [0.25, 0.3) is 0 Å². The van der Waals surface area contributed by atoms with E-state index in [1.165, 1.54) is 5.56 Å². The quantitative estimate of drug-likeness (QED) is 0.626. The van der Waals surface area contributed by atoms with E-state index in [2.05, 4.69) is 16.9 Å². The van der Waals surface area contributed by atoms with Gasteiger partial charge in [0, 0.05) is 17.1 Å². The van der Waals surface area contributed by atoms with Gasteiger partial charge in [-0.3, -0.25) is 4.72 Å². The van der Waals surface area contributed by atoms with Crippen LogP contribution in [0.5, 0.6) is 0 Å². The Morgan fingerprint density at radius 1 is 1.00 bits per heavy atom. The molecule has 0 fully saturated rings. The Morgan fingerprint density at radius 3 is 2.56 bits per heavy atom. The number of nitrogen functional groups attached to an aromatic ring is 1. The lowest BCUT2D eigenvalue weighted by atomic mass is 10.2. The summed E-state index contributed by atoms with van der Waals surface area (Å²) in [5.74, 6) is 0. The molecule has 2 rings (SSSR count). The first kappa shape index (κ1) is 11.0. The van der Waals surface area contributed by atoms with E-state index in [4.69, 9.17) is 5.73 Å². The van der Waals surface area contributed by atoms with Crippen molar-refractivity contribution in [3.8, 4) is 0 Å². The van der Waals surface area contributed by atoms with Gasteiger partial charge in [0.1, 0.15) is 0 Å². The molecule has 0 unspecified atom stereocenters. The molecule has 3 heteroatoms. The van der Waals surface area contributed by atoms with Crippen molar-refractivity contribution in [2.75, 3.05) is 5.73 Å². The Bertz CT molecular complexity index is 443. The first-order chi connectivity index (χ1) is 7.84. The molecule has 0 bridgehead atoms. The van der Waals surface area contributed by atoms with Gasteiger partial charge in [0.15, 0.2) is 0 Å². The predicted molar refractivity (Wildman–Crippen MR) is 70.0 cm³/mol. The Hall–Kier alpha value is -1.45. The van der Waals surface area contributed by atoms with Crippen molar-refractivity contribution in [1.82, 2.24) is 4.72 Å². The number of hydrogen-bond donors (Lipinski definition) is 2. The first-order valence-electron chi connectivity index (χ1n) is 5.14. The zero-order valence-electron chi connectivity index (χ0n) is 8.89.